The topological polar surface area (TPSA) is 87.2 Å². The van der Waals surface area contributed by atoms with Gasteiger partial charge in [-0.25, -0.2) is 4.79 Å². The molecule has 1 fully saturated rings. The Bertz CT molecular complexity index is 667. The second kappa shape index (κ2) is 11.5. The van der Waals surface area contributed by atoms with Crippen LogP contribution in [0, 0.1) is 0 Å². The molecule has 0 aliphatic carbocycles. The maximum atomic E-state index is 11.6. The normalized spacial score (nSPS) is 15.0. The average Bonchev–Trinajstić information content (AvgIpc) is 2.69. The molecule has 0 aromatic heterocycles. The summed E-state index contributed by atoms with van der Waals surface area (Å²) in [6.07, 6.45) is 0.379. The first-order valence-electron chi connectivity index (χ1n) is 10.2. The highest BCUT2D eigenvalue weighted by Gasteiger charge is 2.16. The number of guanidine groups is 1. The van der Waals surface area contributed by atoms with Crippen molar-refractivity contribution in [3.63, 3.8) is 0 Å². The standard InChI is InChI=1S/C21H35N5O3/c1-21(2,3)29-20(27)24-11-7-10-23-19(22-4)25-16-17-8-5-6-9-18(17)26-12-14-28-15-13-26/h5-6,8-9H,7,10-16H2,1-4H3,(H,24,27)(H2,22,23,25). The van der Waals surface area contributed by atoms with Crippen LogP contribution in [0.5, 0.6) is 0 Å². The molecule has 3 N–H and O–H groups in total. The van der Waals surface area contributed by atoms with Crippen LogP contribution in [0.1, 0.15) is 32.8 Å². The Morgan fingerprint density at radius 1 is 1.14 bits per heavy atom. The molecule has 8 heteroatoms. The van der Waals surface area contributed by atoms with Crippen molar-refractivity contribution >= 4 is 17.7 Å². The lowest BCUT2D eigenvalue weighted by molar-refractivity contribution is 0.0527. The molecule has 0 bridgehead atoms. The zero-order valence-electron chi connectivity index (χ0n) is 18.1. The van der Waals surface area contributed by atoms with Crippen molar-refractivity contribution in [2.24, 2.45) is 4.99 Å². The third-order valence-electron chi connectivity index (χ3n) is 4.33. The second-order valence-corrected chi connectivity index (χ2v) is 7.86. The number of nitrogens with zero attached hydrogens (tertiary/aromatic N) is 2. The van der Waals surface area contributed by atoms with Crippen molar-refractivity contribution in [1.82, 2.24) is 16.0 Å². The Hall–Kier alpha value is -2.48. The number of ether oxygens (including phenoxy) is 2. The molecule has 2 rings (SSSR count). The highest BCUT2D eigenvalue weighted by atomic mass is 16.6. The summed E-state index contributed by atoms with van der Waals surface area (Å²) in [6.45, 7) is 10.8. The monoisotopic (exact) mass is 405 g/mol. The van der Waals surface area contributed by atoms with Gasteiger partial charge in [0.05, 0.1) is 13.2 Å². The van der Waals surface area contributed by atoms with Gasteiger partial charge in [-0.2, -0.15) is 0 Å². The molecular formula is C21H35N5O3. The van der Waals surface area contributed by atoms with Crippen molar-refractivity contribution < 1.29 is 14.3 Å². The Kier molecular flexibility index (Phi) is 9.05. The van der Waals surface area contributed by atoms with E-state index in [1.54, 1.807) is 7.05 Å². The van der Waals surface area contributed by atoms with Gasteiger partial charge in [-0.3, -0.25) is 4.99 Å². The van der Waals surface area contributed by atoms with Crippen LogP contribution >= 0.6 is 0 Å². The molecule has 0 radical (unpaired) electrons. The second-order valence-electron chi connectivity index (χ2n) is 7.86. The lowest BCUT2D eigenvalue weighted by Gasteiger charge is -2.30. The highest BCUT2D eigenvalue weighted by molar-refractivity contribution is 5.79. The summed E-state index contributed by atoms with van der Waals surface area (Å²) in [5.74, 6) is 0.735. The van der Waals surface area contributed by atoms with E-state index in [9.17, 15) is 4.79 Å². The number of nitrogens with one attached hydrogen (secondary N) is 3. The number of hydrogen-bond acceptors (Lipinski definition) is 5. The molecule has 0 saturated carbocycles. The zero-order chi connectivity index (χ0) is 21.1. The fraction of sp³-hybridized carbons (Fsp3) is 0.619. The Balaban J connectivity index is 1.72. The number of aliphatic imine (C=N–C) groups is 1. The Morgan fingerprint density at radius 2 is 1.83 bits per heavy atom. The van der Waals surface area contributed by atoms with Crippen LogP contribution in [-0.2, 0) is 16.0 Å². The number of rotatable bonds is 7. The maximum absolute atomic E-state index is 11.6. The van der Waals surface area contributed by atoms with E-state index in [0.717, 1.165) is 38.7 Å². The predicted molar refractivity (Wildman–Crippen MR) is 117 cm³/mol. The van der Waals surface area contributed by atoms with E-state index in [2.05, 4.69) is 50.1 Å². The lowest BCUT2D eigenvalue weighted by atomic mass is 10.1. The first-order chi connectivity index (χ1) is 13.9. The molecule has 1 amide bonds. The van der Waals surface area contributed by atoms with E-state index in [4.69, 9.17) is 9.47 Å². The number of benzene rings is 1. The number of para-hydroxylation sites is 1. The van der Waals surface area contributed by atoms with Gasteiger partial charge in [-0.1, -0.05) is 18.2 Å². The number of carbonyl (C=O) groups is 1. The van der Waals surface area contributed by atoms with Gasteiger partial charge < -0.3 is 30.3 Å². The van der Waals surface area contributed by atoms with Gasteiger partial charge in [-0.15, -0.1) is 0 Å². The molecule has 1 aromatic rings. The van der Waals surface area contributed by atoms with Crippen molar-refractivity contribution in [3.05, 3.63) is 29.8 Å². The van der Waals surface area contributed by atoms with Crippen molar-refractivity contribution in [3.8, 4) is 0 Å². The first-order valence-corrected chi connectivity index (χ1v) is 10.2. The van der Waals surface area contributed by atoms with Crippen molar-refractivity contribution in [2.45, 2.75) is 39.3 Å². The number of carbonyl (C=O) groups excluding carboxylic acids is 1. The van der Waals surface area contributed by atoms with Crippen molar-refractivity contribution in [2.75, 3.05) is 51.3 Å². The molecule has 8 nitrogen and oxygen atoms in total. The van der Waals surface area contributed by atoms with E-state index in [1.807, 2.05) is 20.8 Å². The molecule has 1 aromatic carbocycles. The largest absolute Gasteiger partial charge is 0.444 e. The van der Waals surface area contributed by atoms with Gasteiger partial charge in [0.15, 0.2) is 5.96 Å². The summed E-state index contributed by atoms with van der Waals surface area (Å²) in [7, 11) is 1.75. The molecule has 1 heterocycles. The number of alkyl carbamates (subject to hydrolysis) is 1. The number of morpholine rings is 1. The van der Waals surface area contributed by atoms with Gasteiger partial charge in [0.25, 0.3) is 0 Å². The van der Waals surface area contributed by atoms with E-state index < -0.39 is 5.60 Å². The minimum atomic E-state index is -0.480. The molecule has 1 saturated heterocycles. The van der Waals surface area contributed by atoms with Crippen LogP contribution in [0.4, 0.5) is 10.5 Å². The average molecular weight is 406 g/mol. The number of amides is 1. The van der Waals surface area contributed by atoms with Crippen molar-refractivity contribution in [1.29, 1.82) is 0 Å². The molecule has 0 unspecified atom stereocenters. The quantitative estimate of drug-likeness (QED) is 0.366. The van der Waals surface area contributed by atoms with Gasteiger partial charge in [0, 0.05) is 45.5 Å². The Morgan fingerprint density at radius 3 is 2.52 bits per heavy atom. The number of hydrogen-bond donors (Lipinski definition) is 3. The highest BCUT2D eigenvalue weighted by Crippen LogP contribution is 2.21. The fourth-order valence-electron chi connectivity index (χ4n) is 2.97. The van der Waals surface area contributed by atoms with Crippen LogP contribution in [-0.4, -0.2) is 64.1 Å². The molecule has 0 spiro atoms. The Labute approximate surface area is 174 Å². The maximum Gasteiger partial charge on any atom is 0.407 e. The summed E-state index contributed by atoms with van der Waals surface area (Å²) in [4.78, 5) is 18.3. The van der Waals surface area contributed by atoms with Crippen LogP contribution in [0.2, 0.25) is 0 Å². The third kappa shape index (κ3) is 8.60. The van der Waals surface area contributed by atoms with E-state index in [1.165, 1.54) is 11.3 Å². The van der Waals surface area contributed by atoms with Crippen LogP contribution in [0.15, 0.2) is 29.3 Å². The van der Waals surface area contributed by atoms with Gasteiger partial charge >= 0.3 is 6.09 Å². The van der Waals surface area contributed by atoms with E-state index in [-0.39, 0.29) is 6.09 Å². The minimum Gasteiger partial charge on any atom is -0.444 e. The van der Waals surface area contributed by atoms with E-state index >= 15 is 0 Å². The molecule has 0 atom stereocenters. The smallest absolute Gasteiger partial charge is 0.407 e. The summed E-state index contributed by atoms with van der Waals surface area (Å²) in [5, 5.41) is 9.39. The summed E-state index contributed by atoms with van der Waals surface area (Å²) in [5.41, 5.74) is 1.98. The zero-order valence-corrected chi connectivity index (χ0v) is 18.1. The van der Waals surface area contributed by atoms with Gasteiger partial charge in [0.2, 0.25) is 0 Å². The molecular weight excluding hydrogens is 370 g/mol. The van der Waals surface area contributed by atoms with Crippen LogP contribution < -0.4 is 20.9 Å². The third-order valence-corrected chi connectivity index (χ3v) is 4.33. The van der Waals surface area contributed by atoms with Gasteiger partial charge in [0.1, 0.15) is 5.60 Å². The SMILES string of the molecule is CN=C(NCCCNC(=O)OC(C)(C)C)NCc1ccccc1N1CCOCC1. The lowest BCUT2D eigenvalue weighted by Crippen LogP contribution is -2.40. The molecule has 1 aliphatic heterocycles. The molecule has 162 valence electrons. The van der Waals surface area contributed by atoms with Crippen LogP contribution in [0.25, 0.3) is 0 Å². The fourth-order valence-corrected chi connectivity index (χ4v) is 2.97. The predicted octanol–water partition coefficient (Wildman–Crippen LogP) is 2.10. The van der Waals surface area contributed by atoms with Crippen LogP contribution in [0.3, 0.4) is 0 Å². The molecule has 29 heavy (non-hydrogen) atoms. The first kappa shape index (κ1) is 22.8. The summed E-state index contributed by atoms with van der Waals surface area (Å²) in [6, 6.07) is 8.41. The van der Waals surface area contributed by atoms with Gasteiger partial charge in [-0.05, 0) is 38.8 Å². The number of anilines is 1. The summed E-state index contributed by atoms with van der Waals surface area (Å²) < 4.78 is 10.7. The molecule has 1 aliphatic rings. The minimum absolute atomic E-state index is 0.389. The summed E-state index contributed by atoms with van der Waals surface area (Å²) >= 11 is 0. The van der Waals surface area contributed by atoms with E-state index in [0.29, 0.717) is 19.6 Å².